The number of nitrogens with one attached hydrogen (secondary N) is 1. The van der Waals surface area contributed by atoms with E-state index in [0.717, 1.165) is 33.4 Å². The van der Waals surface area contributed by atoms with Crippen molar-refractivity contribution >= 4 is 27.7 Å². The average Bonchev–Trinajstić information content (AvgIpc) is 2.74. The van der Waals surface area contributed by atoms with Crippen LogP contribution >= 0.6 is 15.9 Å². The highest BCUT2D eigenvalue weighted by molar-refractivity contribution is 9.10. The van der Waals surface area contributed by atoms with Crippen LogP contribution < -0.4 is 5.32 Å². The summed E-state index contributed by atoms with van der Waals surface area (Å²) in [7, 11) is 0. The number of rotatable bonds is 4. The molecule has 154 valence electrons. The first-order chi connectivity index (χ1) is 14.5. The topological polar surface area (TPSA) is 55.4 Å². The van der Waals surface area contributed by atoms with Crippen LogP contribution in [0.4, 0.5) is 0 Å². The number of hydrogen-bond donors (Lipinski definition) is 1. The number of carbonyl (C=O) groups excluding carboxylic acids is 2. The van der Waals surface area contributed by atoms with E-state index in [2.05, 4.69) is 33.4 Å². The molecule has 0 amide bonds. The van der Waals surface area contributed by atoms with Crippen LogP contribution in [0.15, 0.2) is 81.6 Å². The van der Waals surface area contributed by atoms with E-state index in [0.29, 0.717) is 17.6 Å². The lowest BCUT2D eigenvalue weighted by Gasteiger charge is -2.37. The standard InChI is InChI=1S/C25H24BrNO3/c1-3-30-25(29)22-15(2)27-20-13-17(16-9-5-4-6-10-16)14-21(28)24(20)23(22)18-11-7-8-12-19(18)26/h4-12,17,23,27H,3,13-14H2,1-2H3/t17-,23-/m1/s1. The van der Waals surface area contributed by atoms with Crippen LogP contribution in [-0.4, -0.2) is 18.4 Å². The van der Waals surface area contributed by atoms with E-state index < -0.39 is 5.92 Å². The molecule has 2 aromatic rings. The maximum Gasteiger partial charge on any atom is 0.336 e. The lowest BCUT2D eigenvalue weighted by molar-refractivity contribution is -0.138. The maximum absolute atomic E-state index is 13.5. The number of allylic oxidation sites excluding steroid dienone is 3. The van der Waals surface area contributed by atoms with Crippen molar-refractivity contribution in [2.45, 2.75) is 38.5 Å². The van der Waals surface area contributed by atoms with Gasteiger partial charge in [-0.05, 0) is 43.4 Å². The highest BCUT2D eigenvalue weighted by atomic mass is 79.9. The predicted octanol–water partition coefficient (Wildman–Crippen LogP) is 5.37. The van der Waals surface area contributed by atoms with E-state index >= 15 is 0 Å². The normalized spacial score (nSPS) is 21.2. The Hall–Kier alpha value is -2.66. The van der Waals surface area contributed by atoms with Gasteiger partial charge < -0.3 is 10.1 Å². The number of halogens is 1. The highest BCUT2D eigenvalue weighted by Gasteiger charge is 2.41. The van der Waals surface area contributed by atoms with E-state index in [1.54, 1.807) is 6.92 Å². The second-order valence-electron chi connectivity index (χ2n) is 7.67. The first-order valence-corrected chi connectivity index (χ1v) is 11.0. The van der Waals surface area contributed by atoms with E-state index in [9.17, 15) is 9.59 Å². The van der Waals surface area contributed by atoms with Crippen LogP contribution in [-0.2, 0) is 14.3 Å². The fraction of sp³-hybridized carbons (Fsp3) is 0.280. The summed E-state index contributed by atoms with van der Waals surface area (Å²) in [4.78, 5) is 26.4. The van der Waals surface area contributed by atoms with Crippen LogP contribution in [0.5, 0.6) is 0 Å². The minimum absolute atomic E-state index is 0.0765. The molecule has 30 heavy (non-hydrogen) atoms. The number of esters is 1. The number of dihydropyridines is 1. The Kier molecular flexibility index (Phi) is 5.91. The maximum atomic E-state index is 13.5. The molecule has 4 rings (SSSR count). The Bertz CT molecular complexity index is 1060. The molecule has 0 saturated carbocycles. The van der Waals surface area contributed by atoms with Crippen molar-refractivity contribution in [3.05, 3.63) is 92.7 Å². The molecule has 1 N–H and O–H groups in total. The number of ketones is 1. The van der Waals surface area contributed by atoms with Crippen molar-refractivity contribution < 1.29 is 14.3 Å². The molecule has 0 unspecified atom stereocenters. The molecule has 1 heterocycles. The van der Waals surface area contributed by atoms with E-state index in [1.807, 2.05) is 49.4 Å². The van der Waals surface area contributed by atoms with Gasteiger partial charge in [-0.1, -0.05) is 64.5 Å². The third kappa shape index (κ3) is 3.74. The number of hydrogen-bond acceptors (Lipinski definition) is 4. The highest BCUT2D eigenvalue weighted by Crippen LogP contribution is 2.47. The van der Waals surface area contributed by atoms with Gasteiger partial charge in [0, 0.05) is 33.8 Å². The Labute approximate surface area is 185 Å². The zero-order valence-corrected chi connectivity index (χ0v) is 18.7. The molecule has 0 bridgehead atoms. The lowest BCUT2D eigenvalue weighted by atomic mass is 9.72. The van der Waals surface area contributed by atoms with Gasteiger partial charge in [0.15, 0.2) is 5.78 Å². The molecule has 1 aliphatic heterocycles. The number of Topliss-reactive ketones (excluding diaryl/α,β-unsaturated/α-hetero) is 1. The molecule has 5 heteroatoms. The molecule has 0 aromatic heterocycles. The Morgan fingerprint density at radius 3 is 2.50 bits per heavy atom. The van der Waals surface area contributed by atoms with Crippen molar-refractivity contribution in [3.8, 4) is 0 Å². The molecule has 0 spiro atoms. The van der Waals surface area contributed by atoms with Crippen LogP contribution in [0.25, 0.3) is 0 Å². The van der Waals surface area contributed by atoms with Crippen LogP contribution in [0.3, 0.4) is 0 Å². The zero-order valence-electron chi connectivity index (χ0n) is 17.1. The molecule has 2 aromatic carbocycles. The van der Waals surface area contributed by atoms with Crippen molar-refractivity contribution in [3.63, 3.8) is 0 Å². The molecular weight excluding hydrogens is 442 g/mol. The van der Waals surface area contributed by atoms with Gasteiger partial charge in [-0.3, -0.25) is 4.79 Å². The van der Waals surface area contributed by atoms with Crippen molar-refractivity contribution in [2.75, 3.05) is 6.61 Å². The second kappa shape index (κ2) is 8.60. The van der Waals surface area contributed by atoms with Crippen LogP contribution in [0.1, 0.15) is 49.7 Å². The summed E-state index contributed by atoms with van der Waals surface area (Å²) in [6.07, 6.45) is 1.17. The van der Waals surface area contributed by atoms with E-state index in [4.69, 9.17) is 4.74 Å². The van der Waals surface area contributed by atoms with Crippen LogP contribution in [0, 0.1) is 0 Å². The average molecular weight is 466 g/mol. The molecule has 1 aliphatic carbocycles. The Balaban J connectivity index is 1.82. The summed E-state index contributed by atoms with van der Waals surface area (Å²) < 4.78 is 6.23. The van der Waals surface area contributed by atoms with Gasteiger partial charge in [-0.2, -0.15) is 0 Å². The fourth-order valence-electron chi connectivity index (χ4n) is 4.50. The first kappa shape index (κ1) is 20.6. The van der Waals surface area contributed by atoms with Gasteiger partial charge in [0.05, 0.1) is 12.2 Å². The molecule has 0 radical (unpaired) electrons. The van der Waals surface area contributed by atoms with E-state index in [1.165, 1.54) is 0 Å². The van der Waals surface area contributed by atoms with Gasteiger partial charge in [0.25, 0.3) is 0 Å². The molecule has 0 saturated heterocycles. The molecule has 2 aliphatic rings. The molecular formula is C25H24BrNO3. The third-order valence-electron chi connectivity index (χ3n) is 5.81. The van der Waals surface area contributed by atoms with Crippen molar-refractivity contribution in [2.24, 2.45) is 0 Å². The first-order valence-electron chi connectivity index (χ1n) is 10.2. The van der Waals surface area contributed by atoms with Crippen LogP contribution in [0.2, 0.25) is 0 Å². The Morgan fingerprint density at radius 1 is 1.10 bits per heavy atom. The predicted molar refractivity (Wildman–Crippen MR) is 120 cm³/mol. The lowest BCUT2D eigenvalue weighted by Crippen LogP contribution is -2.36. The molecule has 2 atom stereocenters. The quantitative estimate of drug-likeness (QED) is 0.616. The third-order valence-corrected chi connectivity index (χ3v) is 6.53. The monoisotopic (exact) mass is 465 g/mol. The van der Waals surface area contributed by atoms with Gasteiger partial charge >= 0.3 is 5.97 Å². The number of benzene rings is 2. The minimum Gasteiger partial charge on any atom is -0.463 e. The fourth-order valence-corrected chi connectivity index (χ4v) is 5.01. The SMILES string of the molecule is CCOC(=O)C1=C(C)NC2=C(C(=O)C[C@H](c3ccccc3)C2)[C@@H]1c1ccccc1Br. The summed E-state index contributed by atoms with van der Waals surface area (Å²) in [6, 6.07) is 17.9. The summed E-state index contributed by atoms with van der Waals surface area (Å²) >= 11 is 3.62. The van der Waals surface area contributed by atoms with E-state index in [-0.39, 0.29) is 24.3 Å². The van der Waals surface area contributed by atoms with Crippen molar-refractivity contribution in [1.29, 1.82) is 0 Å². The van der Waals surface area contributed by atoms with Gasteiger partial charge in [-0.15, -0.1) is 0 Å². The van der Waals surface area contributed by atoms with Gasteiger partial charge in [-0.25, -0.2) is 4.79 Å². The molecule has 0 fully saturated rings. The summed E-state index contributed by atoms with van der Waals surface area (Å²) in [5.74, 6) is -0.623. The Morgan fingerprint density at radius 2 is 1.80 bits per heavy atom. The number of ether oxygens (including phenoxy) is 1. The number of carbonyl (C=O) groups is 2. The van der Waals surface area contributed by atoms with Gasteiger partial charge in [0.1, 0.15) is 0 Å². The zero-order chi connectivity index (χ0) is 21.3. The minimum atomic E-state index is -0.444. The smallest absolute Gasteiger partial charge is 0.336 e. The second-order valence-corrected chi connectivity index (χ2v) is 8.52. The largest absolute Gasteiger partial charge is 0.463 e. The summed E-state index contributed by atoms with van der Waals surface area (Å²) in [5, 5.41) is 3.38. The van der Waals surface area contributed by atoms with Gasteiger partial charge in [0.2, 0.25) is 0 Å². The summed E-state index contributed by atoms with van der Waals surface area (Å²) in [6.45, 7) is 3.96. The summed E-state index contributed by atoms with van der Waals surface area (Å²) in [5.41, 5.74) is 4.91. The van der Waals surface area contributed by atoms with Crippen molar-refractivity contribution in [1.82, 2.24) is 5.32 Å². The molecule has 4 nitrogen and oxygen atoms in total.